The van der Waals surface area contributed by atoms with Crippen molar-refractivity contribution in [1.82, 2.24) is 20.0 Å². The maximum absolute atomic E-state index is 4.35. The van der Waals surface area contributed by atoms with Crippen LogP contribution in [0.25, 0.3) is 0 Å². The van der Waals surface area contributed by atoms with Crippen LogP contribution in [0.4, 0.5) is 0 Å². The van der Waals surface area contributed by atoms with Crippen molar-refractivity contribution in [2.75, 3.05) is 26.7 Å². The molecule has 2 heterocycles. The van der Waals surface area contributed by atoms with Gasteiger partial charge in [-0.3, -0.25) is 4.68 Å². The molecule has 4 nitrogen and oxygen atoms in total. The third-order valence-corrected chi connectivity index (χ3v) is 4.11. The normalized spacial score (nSPS) is 18.0. The average molecular weight is 264 g/mol. The Labute approximate surface area is 117 Å². The second kappa shape index (κ2) is 7.65. The smallest absolute Gasteiger partial charge is 0.0522 e. The average Bonchev–Trinajstić information content (AvgIpc) is 2.85. The number of piperidine rings is 1. The Kier molecular flexibility index (Phi) is 5.86. The Morgan fingerprint density at radius 3 is 2.89 bits per heavy atom. The molecule has 0 aliphatic carbocycles. The summed E-state index contributed by atoms with van der Waals surface area (Å²) in [6.45, 7) is 7.85. The van der Waals surface area contributed by atoms with E-state index < -0.39 is 0 Å². The summed E-state index contributed by atoms with van der Waals surface area (Å²) in [6, 6.07) is 2.12. The molecule has 1 aromatic rings. The molecule has 0 saturated carbocycles. The van der Waals surface area contributed by atoms with Crippen molar-refractivity contribution in [3.05, 3.63) is 18.0 Å². The summed E-state index contributed by atoms with van der Waals surface area (Å²) < 4.78 is 2.11. The Hall–Kier alpha value is -0.870. The summed E-state index contributed by atoms with van der Waals surface area (Å²) in [5.74, 6) is 0.921. The molecule has 1 saturated heterocycles. The van der Waals surface area contributed by atoms with E-state index >= 15 is 0 Å². The summed E-state index contributed by atoms with van der Waals surface area (Å²) in [7, 11) is 2.23. The van der Waals surface area contributed by atoms with Gasteiger partial charge in [-0.1, -0.05) is 6.92 Å². The van der Waals surface area contributed by atoms with Crippen molar-refractivity contribution in [2.24, 2.45) is 5.92 Å². The van der Waals surface area contributed by atoms with Gasteiger partial charge in [-0.2, -0.15) is 5.10 Å². The molecule has 0 spiro atoms. The first-order chi connectivity index (χ1) is 9.29. The molecule has 0 unspecified atom stereocenters. The Morgan fingerprint density at radius 2 is 2.16 bits per heavy atom. The minimum atomic E-state index is 0.921. The van der Waals surface area contributed by atoms with Crippen molar-refractivity contribution in [2.45, 2.75) is 45.7 Å². The standard InChI is InChI=1S/C15H28N4/c1-3-10-19-15(5-9-17-19)13-16-8-4-14-6-11-18(2)12-7-14/h5,9,14,16H,3-4,6-8,10-13H2,1-2H3. The first-order valence-electron chi connectivity index (χ1n) is 7.69. The molecule has 0 aromatic carbocycles. The first kappa shape index (κ1) is 14.5. The van der Waals surface area contributed by atoms with Crippen molar-refractivity contribution >= 4 is 0 Å². The highest BCUT2D eigenvalue weighted by atomic mass is 15.3. The molecule has 1 N–H and O–H groups in total. The number of nitrogens with one attached hydrogen (secondary N) is 1. The monoisotopic (exact) mass is 264 g/mol. The summed E-state index contributed by atoms with van der Waals surface area (Å²) in [5.41, 5.74) is 1.31. The molecule has 1 aromatic heterocycles. The molecule has 1 fully saturated rings. The second-order valence-electron chi connectivity index (χ2n) is 5.76. The van der Waals surface area contributed by atoms with Gasteiger partial charge in [0.15, 0.2) is 0 Å². The Balaban J connectivity index is 1.62. The highest BCUT2D eigenvalue weighted by Crippen LogP contribution is 2.18. The maximum atomic E-state index is 4.35. The van der Waals surface area contributed by atoms with Crippen molar-refractivity contribution in [3.63, 3.8) is 0 Å². The van der Waals surface area contributed by atoms with Crippen molar-refractivity contribution in [1.29, 1.82) is 0 Å². The quantitative estimate of drug-likeness (QED) is 0.766. The van der Waals surface area contributed by atoms with Gasteiger partial charge in [0.05, 0.1) is 5.69 Å². The van der Waals surface area contributed by atoms with Crippen molar-refractivity contribution in [3.8, 4) is 0 Å². The number of hydrogen-bond donors (Lipinski definition) is 1. The van der Waals surface area contributed by atoms with E-state index in [-0.39, 0.29) is 0 Å². The van der Waals surface area contributed by atoms with Gasteiger partial charge in [0.1, 0.15) is 0 Å². The van der Waals surface area contributed by atoms with Gasteiger partial charge in [0, 0.05) is 19.3 Å². The predicted molar refractivity (Wildman–Crippen MR) is 79.1 cm³/mol. The Morgan fingerprint density at radius 1 is 1.37 bits per heavy atom. The fraction of sp³-hybridized carbons (Fsp3) is 0.800. The summed E-state index contributed by atoms with van der Waals surface area (Å²) in [5, 5.41) is 7.92. The second-order valence-corrected chi connectivity index (χ2v) is 5.76. The number of likely N-dealkylation sites (tertiary alicyclic amines) is 1. The van der Waals surface area contributed by atoms with Crippen LogP contribution in [-0.2, 0) is 13.1 Å². The molecule has 1 aliphatic rings. The lowest BCUT2D eigenvalue weighted by molar-refractivity contribution is 0.211. The number of aryl methyl sites for hydroxylation is 1. The van der Waals surface area contributed by atoms with E-state index in [0.717, 1.165) is 32.0 Å². The van der Waals surface area contributed by atoms with Crippen LogP contribution in [0.3, 0.4) is 0 Å². The predicted octanol–water partition coefficient (Wildman–Crippen LogP) is 2.11. The van der Waals surface area contributed by atoms with E-state index in [4.69, 9.17) is 0 Å². The van der Waals surface area contributed by atoms with Crippen LogP contribution in [0.5, 0.6) is 0 Å². The van der Waals surface area contributed by atoms with E-state index in [1.54, 1.807) is 0 Å². The van der Waals surface area contributed by atoms with Crippen LogP contribution >= 0.6 is 0 Å². The molecular formula is C15H28N4. The lowest BCUT2D eigenvalue weighted by atomic mass is 9.94. The largest absolute Gasteiger partial charge is 0.311 e. The third kappa shape index (κ3) is 4.62. The van der Waals surface area contributed by atoms with E-state index in [9.17, 15) is 0 Å². The molecule has 4 heteroatoms. The van der Waals surface area contributed by atoms with Gasteiger partial charge in [-0.05, 0) is 64.3 Å². The highest BCUT2D eigenvalue weighted by molar-refractivity contribution is 4.99. The fourth-order valence-electron chi connectivity index (χ4n) is 2.80. The van der Waals surface area contributed by atoms with Crippen LogP contribution in [-0.4, -0.2) is 41.4 Å². The number of rotatable bonds is 7. The van der Waals surface area contributed by atoms with Gasteiger partial charge >= 0.3 is 0 Å². The molecule has 19 heavy (non-hydrogen) atoms. The topological polar surface area (TPSA) is 33.1 Å². The van der Waals surface area contributed by atoms with E-state index in [1.807, 2.05) is 6.20 Å². The van der Waals surface area contributed by atoms with Gasteiger partial charge < -0.3 is 10.2 Å². The van der Waals surface area contributed by atoms with Crippen molar-refractivity contribution < 1.29 is 0 Å². The van der Waals surface area contributed by atoms with Crippen LogP contribution in [0.2, 0.25) is 0 Å². The van der Waals surface area contributed by atoms with E-state index in [0.29, 0.717) is 0 Å². The zero-order valence-electron chi connectivity index (χ0n) is 12.4. The molecule has 0 atom stereocenters. The van der Waals surface area contributed by atoms with Crippen LogP contribution in [0, 0.1) is 5.92 Å². The van der Waals surface area contributed by atoms with Crippen LogP contribution in [0.1, 0.15) is 38.3 Å². The number of aromatic nitrogens is 2. The Bertz CT molecular complexity index is 353. The lowest BCUT2D eigenvalue weighted by Gasteiger charge is -2.28. The summed E-state index contributed by atoms with van der Waals surface area (Å²) in [6.07, 6.45) is 7.10. The zero-order valence-corrected chi connectivity index (χ0v) is 12.4. The van der Waals surface area contributed by atoms with Crippen LogP contribution < -0.4 is 5.32 Å². The molecule has 108 valence electrons. The fourth-order valence-corrected chi connectivity index (χ4v) is 2.80. The van der Waals surface area contributed by atoms with Gasteiger partial charge in [-0.15, -0.1) is 0 Å². The maximum Gasteiger partial charge on any atom is 0.0522 e. The zero-order chi connectivity index (χ0) is 13.5. The van der Waals surface area contributed by atoms with Gasteiger partial charge in [0.2, 0.25) is 0 Å². The minimum absolute atomic E-state index is 0.921. The van der Waals surface area contributed by atoms with E-state index in [2.05, 4.69) is 40.0 Å². The number of hydrogen-bond acceptors (Lipinski definition) is 3. The first-order valence-corrected chi connectivity index (χ1v) is 7.69. The molecule has 1 aliphatic heterocycles. The summed E-state index contributed by atoms with van der Waals surface area (Å²) in [4.78, 5) is 2.44. The molecule has 0 radical (unpaired) electrons. The molecule has 0 bridgehead atoms. The molecular weight excluding hydrogens is 236 g/mol. The van der Waals surface area contributed by atoms with E-state index in [1.165, 1.54) is 38.0 Å². The SMILES string of the molecule is CCCn1nccc1CNCCC1CCN(C)CC1. The van der Waals surface area contributed by atoms with Gasteiger partial charge in [0.25, 0.3) is 0 Å². The minimum Gasteiger partial charge on any atom is -0.311 e. The van der Waals surface area contributed by atoms with Gasteiger partial charge in [-0.25, -0.2) is 0 Å². The number of nitrogens with zero attached hydrogens (tertiary/aromatic N) is 3. The highest BCUT2D eigenvalue weighted by Gasteiger charge is 2.15. The third-order valence-electron chi connectivity index (χ3n) is 4.11. The van der Waals surface area contributed by atoms with Crippen LogP contribution in [0.15, 0.2) is 12.3 Å². The molecule has 0 amide bonds. The lowest BCUT2D eigenvalue weighted by Crippen LogP contribution is -2.31. The molecule has 2 rings (SSSR count). The summed E-state index contributed by atoms with van der Waals surface area (Å²) >= 11 is 0.